The first-order chi connectivity index (χ1) is 9.55. The van der Waals surface area contributed by atoms with Crippen LogP contribution in [0.1, 0.15) is 16.7 Å². The third kappa shape index (κ3) is 3.57. The number of nitrogens with one attached hydrogen (secondary N) is 2. The molecule has 0 spiro atoms. The fourth-order valence-corrected chi connectivity index (χ4v) is 3.68. The van der Waals surface area contributed by atoms with Crippen LogP contribution in [0.5, 0.6) is 0 Å². The number of hydrazine groups is 1. The Morgan fingerprint density at radius 2 is 1.75 bits per heavy atom. The van der Waals surface area contributed by atoms with Crippen LogP contribution in [-0.4, -0.2) is 8.42 Å². The van der Waals surface area contributed by atoms with Crippen molar-refractivity contribution in [3.8, 4) is 0 Å². The Morgan fingerprint density at radius 3 is 2.30 bits per heavy atom. The topological polar surface area (TPSA) is 84.2 Å². The minimum absolute atomic E-state index is 0.226. The first-order valence-corrected chi connectivity index (χ1v) is 8.49. The first-order valence-electron chi connectivity index (χ1n) is 6.19. The van der Waals surface area contributed by atoms with Crippen LogP contribution in [0.25, 0.3) is 0 Å². The second kappa shape index (κ2) is 6.36. The van der Waals surface area contributed by atoms with Gasteiger partial charge in [-0.25, -0.2) is 13.1 Å². The number of hydrogen-bond acceptors (Lipinski definition) is 5. The van der Waals surface area contributed by atoms with E-state index in [-0.39, 0.29) is 4.90 Å². The van der Waals surface area contributed by atoms with Gasteiger partial charge in [-0.2, -0.15) is 0 Å². The molecule has 0 fully saturated rings. The Balaban J connectivity index is 2.06. The van der Waals surface area contributed by atoms with Gasteiger partial charge in [-0.05, 0) is 42.8 Å². The maximum atomic E-state index is 12.1. The fraction of sp³-hybridized carbons (Fsp3) is 0.231. The summed E-state index contributed by atoms with van der Waals surface area (Å²) >= 11 is 1.62. The molecule has 0 atom stereocenters. The summed E-state index contributed by atoms with van der Waals surface area (Å²) in [6.45, 7) is 2.39. The van der Waals surface area contributed by atoms with Gasteiger partial charge in [0.2, 0.25) is 10.0 Å². The maximum absolute atomic E-state index is 12.1. The second-order valence-electron chi connectivity index (χ2n) is 4.21. The molecule has 5 nitrogen and oxygen atoms in total. The van der Waals surface area contributed by atoms with E-state index in [1.54, 1.807) is 23.5 Å². The third-order valence-electron chi connectivity index (χ3n) is 2.83. The van der Waals surface area contributed by atoms with Gasteiger partial charge in [-0.3, -0.25) is 5.84 Å². The highest BCUT2D eigenvalue weighted by Gasteiger charge is 2.13. The monoisotopic (exact) mass is 311 g/mol. The summed E-state index contributed by atoms with van der Waals surface area (Å²) in [6.07, 6.45) is 0.963. The van der Waals surface area contributed by atoms with Crippen molar-refractivity contribution in [2.24, 2.45) is 5.84 Å². The van der Waals surface area contributed by atoms with E-state index < -0.39 is 10.0 Å². The molecule has 0 saturated heterocycles. The molecule has 0 aliphatic carbocycles. The number of rotatable bonds is 6. The Hall–Kier alpha value is -1.41. The molecule has 1 aromatic heterocycles. The zero-order chi connectivity index (χ0) is 14.6. The molecule has 20 heavy (non-hydrogen) atoms. The van der Waals surface area contributed by atoms with Crippen molar-refractivity contribution in [1.29, 1.82) is 0 Å². The largest absolute Gasteiger partial charge is 0.324 e. The molecule has 7 heteroatoms. The number of aryl methyl sites for hydroxylation is 1. The van der Waals surface area contributed by atoms with Crippen molar-refractivity contribution in [2.75, 3.05) is 5.43 Å². The van der Waals surface area contributed by atoms with Crippen LogP contribution in [0.3, 0.4) is 0 Å². The Bertz CT molecular complexity index is 663. The van der Waals surface area contributed by atoms with Gasteiger partial charge in [0.05, 0.1) is 4.90 Å². The molecule has 0 bridgehead atoms. The summed E-state index contributed by atoms with van der Waals surface area (Å²) in [5, 5.41) is 0. The van der Waals surface area contributed by atoms with Gasteiger partial charge < -0.3 is 5.43 Å². The van der Waals surface area contributed by atoms with Crippen LogP contribution >= 0.6 is 11.3 Å². The lowest BCUT2D eigenvalue weighted by Crippen LogP contribution is -2.22. The lowest BCUT2D eigenvalue weighted by molar-refractivity contribution is 0.582. The Morgan fingerprint density at radius 1 is 1.10 bits per heavy atom. The summed E-state index contributed by atoms with van der Waals surface area (Å²) in [7, 11) is -3.49. The lowest BCUT2D eigenvalue weighted by atomic mass is 10.3. The molecule has 0 unspecified atom stereocenters. The standard InChI is InChI=1S/C13H17N3O2S2/c1-2-11-5-6-12(19-11)9-15-20(17,18)13-7-3-10(16-14)4-8-13/h3-8,15-16H,2,9,14H2,1H3. The van der Waals surface area contributed by atoms with Gasteiger partial charge in [0.1, 0.15) is 0 Å². The van der Waals surface area contributed by atoms with Gasteiger partial charge in [-0.15, -0.1) is 11.3 Å². The van der Waals surface area contributed by atoms with E-state index in [1.807, 2.05) is 12.1 Å². The SMILES string of the molecule is CCc1ccc(CNS(=O)(=O)c2ccc(NN)cc2)s1. The minimum Gasteiger partial charge on any atom is -0.324 e. The number of benzene rings is 1. The zero-order valence-corrected chi connectivity index (χ0v) is 12.7. The zero-order valence-electron chi connectivity index (χ0n) is 11.1. The third-order valence-corrected chi connectivity index (χ3v) is 5.48. The quantitative estimate of drug-likeness (QED) is 0.563. The van der Waals surface area contributed by atoms with Crippen molar-refractivity contribution in [3.05, 3.63) is 46.2 Å². The van der Waals surface area contributed by atoms with Gasteiger partial charge in [0.15, 0.2) is 0 Å². The molecule has 0 radical (unpaired) electrons. The van der Waals surface area contributed by atoms with Crippen LogP contribution in [0.15, 0.2) is 41.3 Å². The second-order valence-corrected chi connectivity index (χ2v) is 7.23. The average molecular weight is 311 g/mol. The van der Waals surface area contributed by atoms with Crippen molar-refractivity contribution in [1.82, 2.24) is 4.72 Å². The highest BCUT2D eigenvalue weighted by Crippen LogP contribution is 2.18. The summed E-state index contributed by atoms with van der Waals surface area (Å²) in [5.41, 5.74) is 3.12. The minimum atomic E-state index is -3.49. The molecule has 2 rings (SSSR count). The fourth-order valence-electron chi connectivity index (χ4n) is 1.69. The van der Waals surface area contributed by atoms with E-state index in [4.69, 9.17) is 5.84 Å². The molecule has 1 heterocycles. The van der Waals surface area contributed by atoms with Crippen LogP contribution in [0.2, 0.25) is 0 Å². The molecule has 108 valence electrons. The van der Waals surface area contributed by atoms with Gasteiger partial charge in [-0.1, -0.05) is 6.92 Å². The molecule has 2 aromatic rings. The van der Waals surface area contributed by atoms with E-state index in [2.05, 4.69) is 17.1 Å². The molecule has 4 N–H and O–H groups in total. The predicted molar refractivity (Wildman–Crippen MR) is 82.0 cm³/mol. The van der Waals surface area contributed by atoms with Gasteiger partial charge in [0, 0.05) is 22.0 Å². The number of anilines is 1. The first kappa shape index (κ1) is 15.0. The van der Waals surface area contributed by atoms with Crippen molar-refractivity contribution in [3.63, 3.8) is 0 Å². The van der Waals surface area contributed by atoms with E-state index >= 15 is 0 Å². The highest BCUT2D eigenvalue weighted by atomic mass is 32.2. The van der Waals surface area contributed by atoms with Gasteiger partial charge >= 0.3 is 0 Å². The summed E-state index contributed by atoms with van der Waals surface area (Å²) < 4.78 is 26.8. The average Bonchev–Trinajstić information content (AvgIpc) is 2.93. The van der Waals surface area contributed by atoms with Crippen molar-refractivity contribution >= 4 is 27.0 Å². The molecule has 0 amide bonds. The van der Waals surface area contributed by atoms with Crippen molar-refractivity contribution in [2.45, 2.75) is 24.8 Å². The molecular formula is C13H17N3O2S2. The normalized spacial score (nSPS) is 11.5. The predicted octanol–water partition coefficient (Wildman–Crippen LogP) is 2.07. The molecule has 0 saturated carbocycles. The van der Waals surface area contributed by atoms with Crippen LogP contribution in [0.4, 0.5) is 5.69 Å². The molecular weight excluding hydrogens is 294 g/mol. The van der Waals surface area contributed by atoms with Crippen LogP contribution in [-0.2, 0) is 23.0 Å². The van der Waals surface area contributed by atoms with Crippen LogP contribution in [0, 0.1) is 0 Å². The smallest absolute Gasteiger partial charge is 0.240 e. The number of sulfonamides is 1. The molecule has 0 aliphatic heterocycles. The lowest BCUT2D eigenvalue weighted by Gasteiger charge is -2.06. The molecule has 0 aliphatic rings. The van der Waals surface area contributed by atoms with E-state index in [0.717, 1.165) is 11.3 Å². The molecule has 1 aromatic carbocycles. The van der Waals surface area contributed by atoms with Gasteiger partial charge in [0.25, 0.3) is 0 Å². The Kier molecular flexibility index (Phi) is 4.77. The number of nitrogen functional groups attached to an aromatic ring is 1. The van der Waals surface area contributed by atoms with E-state index in [9.17, 15) is 8.42 Å². The highest BCUT2D eigenvalue weighted by molar-refractivity contribution is 7.89. The number of hydrogen-bond donors (Lipinski definition) is 3. The Labute approximate surface area is 122 Å². The van der Waals surface area contributed by atoms with E-state index in [1.165, 1.54) is 17.0 Å². The van der Waals surface area contributed by atoms with Crippen LogP contribution < -0.4 is 16.0 Å². The summed E-state index contributed by atoms with van der Waals surface area (Å²) in [6, 6.07) is 10.3. The summed E-state index contributed by atoms with van der Waals surface area (Å²) in [5.74, 6) is 5.25. The van der Waals surface area contributed by atoms with Crippen molar-refractivity contribution < 1.29 is 8.42 Å². The summed E-state index contributed by atoms with van der Waals surface area (Å²) in [4.78, 5) is 2.48. The number of nitrogens with two attached hydrogens (primary N) is 1. The number of thiophene rings is 1. The maximum Gasteiger partial charge on any atom is 0.240 e. The van der Waals surface area contributed by atoms with E-state index in [0.29, 0.717) is 12.2 Å².